The van der Waals surface area contributed by atoms with Crippen LogP contribution in [0.3, 0.4) is 0 Å². The lowest BCUT2D eigenvalue weighted by molar-refractivity contribution is 0.515. The Morgan fingerprint density at radius 3 is 2.75 bits per heavy atom. The van der Waals surface area contributed by atoms with E-state index in [-0.39, 0.29) is 0 Å². The van der Waals surface area contributed by atoms with Gasteiger partial charge >= 0.3 is 0 Å². The predicted molar refractivity (Wildman–Crippen MR) is 68.4 cm³/mol. The van der Waals surface area contributed by atoms with Gasteiger partial charge in [0.2, 0.25) is 0 Å². The Morgan fingerprint density at radius 1 is 1.31 bits per heavy atom. The quantitative estimate of drug-likeness (QED) is 0.854. The first kappa shape index (κ1) is 11.3. The van der Waals surface area contributed by atoms with E-state index in [1.807, 2.05) is 5.51 Å². The van der Waals surface area contributed by atoms with Crippen LogP contribution >= 0.6 is 11.3 Å². The maximum Gasteiger partial charge on any atom is 0.0795 e. The summed E-state index contributed by atoms with van der Waals surface area (Å²) in [4.78, 5) is 4.27. The largest absolute Gasteiger partial charge is 0.304 e. The lowest BCUT2D eigenvalue weighted by Crippen LogP contribution is -2.20. The van der Waals surface area contributed by atoms with E-state index in [0.29, 0.717) is 6.04 Å². The molecule has 16 heavy (non-hydrogen) atoms. The zero-order valence-corrected chi connectivity index (χ0v) is 10.2. The summed E-state index contributed by atoms with van der Waals surface area (Å²) in [6.45, 7) is 3.04. The van der Waals surface area contributed by atoms with E-state index in [4.69, 9.17) is 0 Å². The third kappa shape index (κ3) is 2.90. The van der Waals surface area contributed by atoms with Gasteiger partial charge in [-0.2, -0.15) is 0 Å². The third-order valence-corrected chi connectivity index (χ3v) is 3.26. The van der Waals surface area contributed by atoms with Crippen molar-refractivity contribution in [2.75, 3.05) is 0 Å². The molecule has 0 saturated heterocycles. The maximum absolute atomic E-state index is 4.27. The lowest BCUT2D eigenvalue weighted by Gasteiger charge is -2.16. The highest BCUT2D eigenvalue weighted by molar-refractivity contribution is 7.07. The Balaban J connectivity index is 1.96. The molecule has 1 N–H and O–H groups in total. The standard InChI is InChI=1S/C13H16N2S/c1-2-13(11-6-4-3-5-7-11)14-8-12-9-16-10-15-12/h3-7,9-10,13-14H,2,8H2,1H3. The number of rotatable bonds is 5. The normalized spacial score (nSPS) is 12.6. The molecule has 0 bridgehead atoms. The van der Waals surface area contributed by atoms with Crippen LogP contribution in [0.2, 0.25) is 0 Å². The molecule has 1 aromatic carbocycles. The van der Waals surface area contributed by atoms with E-state index in [1.54, 1.807) is 11.3 Å². The van der Waals surface area contributed by atoms with Gasteiger partial charge in [0.05, 0.1) is 11.2 Å². The number of thiazole rings is 1. The molecule has 0 fully saturated rings. The Labute approximate surface area is 100 Å². The minimum Gasteiger partial charge on any atom is -0.304 e. The van der Waals surface area contributed by atoms with E-state index >= 15 is 0 Å². The van der Waals surface area contributed by atoms with Crippen molar-refractivity contribution in [1.82, 2.24) is 10.3 Å². The molecule has 1 aromatic heterocycles. The van der Waals surface area contributed by atoms with Crippen LogP contribution in [0.1, 0.15) is 30.6 Å². The second-order valence-corrected chi connectivity index (χ2v) is 4.45. The number of hydrogen-bond acceptors (Lipinski definition) is 3. The maximum atomic E-state index is 4.27. The van der Waals surface area contributed by atoms with Gasteiger partial charge < -0.3 is 5.32 Å². The SMILES string of the molecule is CCC(NCc1cscn1)c1ccccc1. The predicted octanol–water partition coefficient (Wildman–Crippen LogP) is 3.38. The van der Waals surface area contributed by atoms with Gasteiger partial charge in [0, 0.05) is 18.0 Å². The van der Waals surface area contributed by atoms with Crippen molar-refractivity contribution in [2.45, 2.75) is 25.9 Å². The van der Waals surface area contributed by atoms with E-state index in [2.05, 4.69) is 52.9 Å². The molecule has 1 heterocycles. The first-order chi connectivity index (χ1) is 7.90. The molecular formula is C13H16N2S. The molecule has 1 atom stereocenters. The lowest BCUT2D eigenvalue weighted by atomic mass is 10.0. The average Bonchev–Trinajstić information content (AvgIpc) is 2.84. The third-order valence-electron chi connectivity index (χ3n) is 2.62. The van der Waals surface area contributed by atoms with Gasteiger partial charge in [-0.05, 0) is 12.0 Å². The number of benzene rings is 1. The van der Waals surface area contributed by atoms with Crippen LogP contribution in [-0.4, -0.2) is 4.98 Å². The molecule has 0 radical (unpaired) electrons. The summed E-state index contributed by atoms with van der Waals surface area (Å²) in [7, 11) is 0. The molecule has 2 rings (SSSR count). The summed E-state index contributed by atoms with van der Waals surface area (Å²) in [5.74, 6) is 0. The first-order valence-electron chi connectivity index (χ1n) is 5.55. The van der Waals surface area contributed by atoms with E-state index < -0.39 is 0 Å². The molecule has 0 saturated carbocycles. The van der Waals surface area contributed by atoms with Gasteiger partial charge in [-0.15, -0.1) is 11.3 Å². The first-order valence-corrected chi connectivity index (χ1v) is 6.50. The van der Waals surface area contributed by atoms with Crippen molar-refractivity contribution in [3.05, 3.63) is 52.5 Å². The van der Waals surface area contributed by atoms with Crippen molar-refractivity contribution in [2.24, 2.45) is 0 Å². The summed E-state index contributed by atoms with van der Waals surface area (Å²) in [5, 5.41) is 5.62. The van der Waals surface area contributed by atoms with Crippen LogP contribution in [0.25, 0.3) is 0 Å². The van der Waals surface area contributed by atoms with Gasteiger partial charge in [-0.1, -0.05) is 37.3 Å². The summed E-state index contributed by atoms with van der Waals surface area (Å²) < 4.78 is 0. The molecule has 0 aliphatic rings. The molecule has 84 valence electrons. The second kappa shape index (κ2) is 5.77. The Morgan fingerprint density at radius 2 is 2.12 bits per heavy atom. The van der Waals surface area contributed by atoms with E-state index in [9.17, 15) is 0 Å². The fraction of sp³-hybridized carbons (Fsp3) is 0.308. The summed E-state index contributed by atoms with van der Waals surface area (Å²) in [6, 6.07) is 11.0. The summed E-state index contributed by atoms with van der Waals surface area (Å²) >= 11 is 1.64. The smallest absolute Gasteiger partial charge is 0.0795 e. The summed E-state index contributed by atoms with van der Waals surface area (Å²) in [5.41, 5.74) is 4.35. The molecule has 2 nitrogen and oxygen atoms in total. The molecule has 0 aliphatic heterocycles. The molecular weight excluding hydrogens is 216 g/mol. The van der Waals surface area contributed by atoms with Gasteiger partial charge in [0.15, 0.2) is 0 Å². The van der Waals surface area contributed by atoms with Crippen molar-refractivity contribution < 1.29 is 0 Å². The number of aromatic nitrogens is 1. The fourth-order valence-electron chi connectivity index (χ4n) is 1.74. The van der Waals surface area contributed by atoms with Gasteiger partial charge in [-0.25, -0.2) is 4.98 Å². The van der Waals surface area contributed by atoms with Crippen LogP contribution in [0.15, 0.2) is 41.2 Å². The minimum atomic E-state index is 0.419. The highest BCUT2D eigenvalue weighted by Crippen LogP contribution is 2.16. The number of nitrogens with zero attached hydrogens (tertiary/aromatic N) is 1. The average molecular weight is 232 g/mol. The monoisotopic (exact) mass is 232 g/mol. The molecule has 0 amide bonds. The number of nitrogens with one attached hydrogen (secondary N) is 1. The molecule has 0 spiro atoms. The zero-order valence-electron chi connectivity index (χ0n) is 9.39. The Hall–Kier alpha value is -1.19. The second-order valence-electron chi connectivity index (χ2n) is 3.73. The van der Waals surface area contributed by atoms with Crippen LogP contribution in [0.5, 0.6) is 0 Å². The molecule has 3 heteroatoms. The van der Waals surface area contributed by atoms with Crippen molar-refractivity contribution in [1.29, 1.82) is 0 Å². The zero-order chi connectivity index (χ0) is 11.2. The Bertz CT molecular complexity index is 397. The van der Waals surface area contributed by atoms with Crippen LogP contribution < -0.4 is 5.32 Å². The van der Waals surface area contributed by atoms with Gasteiger partial charge in [0.1, 0.15) is 0 Å². The van der Waals surface area contributed by atoms with Crippen molar-refractivity contribution in [3.8, 4) is 0 Å². The highest BCUT2D eigenvalue weighted by atomic mass is 32.1. The minimum absolute atomic E-state index is 0.419. The van der Waals surface area contributed by atoms with Gasteiger partial charge in [-0.3, -0.25) is 0 Å². The van der Waals surface area contributed by atoms with Crippen LogP contribution in [-0.2, 0) is 6.54 Å². The summed E-state index contributed by atoms with van der Waals surface area (Å²) in [6.07, 6.45) is 1.09. The molecule has 1 unspecified atom stereocenters. The fourth-order valence-corrected chi connectivity index (χ4v) is 2.29. The van der Waals surface area contributed by atoms with Crippen molar-refractivity contribution >= 4 is 11.3 Å². The topological polar surface area (TPSA) is 24.9 Å². The van der Waals surface area contributed by atoms with Gasteiger partial charge in [0.25, 0.3) is 0 Å². The van der Waals surface area contributed by atoms with E-state index in [1.165, 1.54) is 5.56 Å². The molecule has 0 aliphatic carbocycles. The molecule has 2 aromatic rings. The van der Waals surface area contributed by atoms with Crippen LogP contribution in [0, 0.1) is 0 Å². The van der Waals surface area contributed by atoms with Crippen LogP contribution in [0.4, 0.5) is 0 Å². The Kier molecular flexibility index (Phi) is 4.08. The highest BCUT2D eigenvalue weighted by Gasteiger charge is 2.07. The number of hydrogen-bond donors (Lipinski definition) is 1. The van der Waals surface area contributed by atoms with Crippen molar-refractivity contribution in [3.63, 3.8) is 0 Å². The van der Waals surface area contributed by atoms with E-state index in [0.717, 1.165) is 18.7 Å².